The Bertz CT molecular complexity index is 557. The summed E-state index contributed by atoms with van der Waals surface area (Å²) in [6, 6.07) is 17.0. The molecule has 0 fully saturated rings. The van der Waals surface area contributed by atoms with Crippen molar-refractivity contribution in [1.82, 2.24) is 0 Å². The van der Waals surface area contributed by atoms with Gasteiger partial charge in [0.05, 0.1) is 2.74 Å². The van der Waals surface area contributed by atoms with Gasteiger partial charge in [0.2, 0.25) is 0 Å². The van der Waals surface area contributed by atoms with E-state index in [4.69, 9.17) is 7.48 Å². The Kier molecular flexibility index (Phi) is 1.78. The summed E-state index contributed by atoms with van der Waals surface area (Å²) >= 11 is 0. The third kappa shape index (κ3) is 1.63. The van der Waals surface area contributed by atoms with E-state index in [-0.39, 0.29) is 0 Å². The molecule has 0 amide bonds. The fourth-order valence-corrected chi connectivity index (χ4v) is 1.79. The highest BCUT2D eigenvalue weighted by Gasteiger charge is 2.16. The molecule has 0 saturated carbocycles. The molecular weight excluding hydrogens is 198 g/mol. The van der Waals surface area contributed by atoms with Crippen LogP contribution in [-0.2, 0) is 6.54 Å². The highest BCUT2D eigenvalue weighted by molar-refractivity contribution is 5.49. The molecule has 80 valence electrons. The van der Waals surface area contributed by atoms with Gasteiger partial charge in [0, 0.05) is 17.8 Å². The van der Waals surface area contributed by atoms with Crippen LogP contribution in [0.2, 0.25) is 0 Å². The van der Waals surface area contributed by atoms with Crippen LogP contribution in [0.25, 0.3) is 0 Å². The molecule has 2 heteroatoms. The Morgan fingerprint density at radius 1 is 1.00 bits per heavy atom. The largest absolute Gasteiger partial charge is 0.473 e. The van der Waals surface area contributed by atoms with Crippen molar-refractivity contribution in [2.45, 2.75) is 6.54 Å². The molecule has 1 heterocycles. The molecule has 0 unspecified atom stereocenters. The maximum Gasteiger partial charge on any atom is 0.161 e. The summed E-state index contributed by atoms with van der Waals surface area (Å²) in [5.41, 5.74) is 1.81. The standard InChI is InChI=1S/C14H13NO/c1-2-7-13(8-3-1)15-10-12-6-4-5-9-14(12)16-11-15/h1-9H,10-11H2/i11D2. The third-order valence-corrected chi connectivity index (χ3v) is 2.63. The number of benzene rings is 2. The monoisotopic (exact) mass is 213 g/mol. The Morgan fingerprint density at radius 3 is 2.62 bits per heavy atom. The molecule has 0 N–H and O–H groups in total. The van der Waals surface area contributed by atoms with Gasteiger partial charge in [-0.2, -0.15) is 0 Å². The van der Waals surface area contributed by atoms with Crippen LogP contribution in [0.5, 0.6) is 5.75 Å². The predicted octanol–water partition coefficient (Wildman–Crippen LogP) is 3.04. The van der Waals surface area contributed by atoms with Gasteiger partial charge in [0.15, 0.2) is 6.68 Å². The van der Waals surface area contributed by atoms with Crippen LogP contribution in [0.4, 0.5) is 5.69 Å². The van der Waals surface area contributed by atoms with E-state index in [1.807, 2.05) is 48.5 Å². The summed E-state index contributed by atoms with van der Waals surface area (Å²) in [7, 11) is 0. The minimum Gasteiger partial charge on any atom is -0.473 e. The van der Waals surface area contributed by atoms with Crippen LogP contribution in [0.1, 0.15) is 8.30 Å². The minimum atomic E-state index is -1.82. The van der Waals surface area contributed by atoms with Gasteiger partial charge < -0.3 is 9.64 Å². The second-order valence-corrected chi connectivity index (χ2v) is 3.72. The highest BCUT2D eigenvalue weighted by Crippen LogP contribution is 2.27. The topological polar surface area (TPSA) is 12.5 Å². The van der Waals surface area contributed by atoms with Crippen molar-refractivity contribution in [1.29, 1.82) is 0 Å². The van der Waals surface area contributed by atoms with Crippen molar-refractivity contribution in [3.63, 3.8) is 0 Å². The van der Waals surface area contributed by atoms with E-state index in [1.54, 1.807) is 11.0 Å². The molecule has 2 nitrogen and oxygen atoms in total. The average molecular weight is 213 g/mol. The summed E-state index contributed by atoms with van der Waals surface area (Å²) in [6.45, 7) is -1.32. The number of nitrogens with zero attached hydrogens (tertiary/aromatic N) is 1. The van der Waals surface area contributed by atoms with E-state index >= 15 is 0 Å². The van der Waals surface area contributed by atoms with Crippen molar-refractivity contribution in [2.24, 2.45) is 0 Å². The Hall–Kier alpha value is -1.96. The van der Waals surface area contributed by atoms with E-state index in [0.29, 0.717) is 12.3 Å². The lowest BCUT2D eigenvalue weighted by Crippen LogP contribution is -2.31. The number of hydrogen-bond acceptors (Lipinski definition) is 2. The minimum absolute atomic E-state index is 0.507. The fraction of sp³-hybridized carbons (Fsp3) is 0.143. The molecule has 0 saturated heterocycles. The first kappa shape index (κ1) is 7.34. The molecular formula is C14H13NO. The zero-order chi connectivity index (χ0) is 12.6. The van der Waals surface area contributed by atoms with E-state index in [2.05, 4.69) is 0 Å². The SMILES string of the molecule is [2H]C1([2H])Oc2ccccc2CN1c1ccccc1. The number of rotatable bonds is 1. The van der Waals surface area contributed by atoms with Crippen LogP contribution >= 0.6 is 0 Å². The highest BCUT2D eigenvalue weighted by atomic mass is 16.5. The van der Waals surface area contributed by atoms with E-state index in [1.165, 1.54) is 0 Å². The van der Waals surface area contributed by atoms with Crippen LogP contribution in [-0.4, -0.2) is 6.68 Å². The summed E-state index contributed by atoms with van der Waals surface area (Å²) in [6.07, 6.45) is 0. The molecule has 3 rings (SSSR count). The normalized spacial score (nSPS) is 19.1. The van der Waals surface area contributed by atoms with E-state index in [9.17, 15) is 0 Å². The second-order valence-electron chi connectivity index (χ2n) is 3.72. The number of anilines is 1. The molecule has 0 radical (unpaired) electrons. The van der Waals surface area contributed by atoms with E-state index in [0.717, 1.165) is 11.3 Å². The molecule has 1 aliphatic rings. The van der Waals surface area contributed by atoms with Gasteiger partial charge in [0.1, 0.15) is 5.75 Å². The van der Waals surface area contributed by atoms with Gasteiger partial charge in [-0.15, -0.1) is 0 Å². The van der Waals surface area contributed by atoms with Gasteiger partial charge in [-0.1, -0.05) is 36.4 Å². The first-order valence-electron chi connectivity index (χ1n) is 6.26. The maximum absolute atomic E-state index is 8.02. The smallest absolute Gasteiger partial charge is 0.161 e. The average Bonchev–Trinajstić information content (AvgIpc) is 2.38. The third-order valence-electron chi connectivity index (χ3n) is 2.63. The lowest BCUT2D eigenvalue weighted by atomic mass is 10.1. The number of hydrogen-bond donors (Lipinski definition) is 0. The number of ether oxygens (including phenoxy) is 1. The first-order chi connectivity index (χ1) is 8.67. The van der Waals surface area contributed by atoms with Gasteiger partial charge in [-0.25, -0.2) is 0 Å². The molecule has 16 heavy (non-hydrogen) atoms. The van der Waals surface area contributed by atoms with Gasteiger partial charge in [-0.3, -0.25) is 0 Å². The zero-order valence-electron chi connectivity index (χ0n) is 10.8. The van der Waals surface area contributed by atoms with Crippen molar-refractivity contribution < 1.29 is 7.48 Å². The fourth-order valence-electron chi connectivity index (χ4n) is 1.79. The van der Waals surface area contributed by atoms with Crippen LogP contribution in [0.15, 0.2) is 54.6 Å². The Balaban J connectivity index is 2.02. The number of fused-ring (bicyclic) bond motifs is 1. The van der Waals surface area contributed by atoms with Crippen LogP contribution in [0, 0.1) is 0 Å². The molecule has 0 spiro atoms. The molecule has 1 aliphatic heterocycles. The van der Waals surface area contributed by atoms with Crippen molar-refractivity contribution in [2.75, 3.05) is 11.6 Å². The van der Waals surface area contributed by atoms with Crippen molar-refractivity contribution >= 4 is 5.69 Å². The summed E-state index contributed by atoms with van der Waals surface area (Å²) in [5.74, 6) is 0.620. The zero-order valence-corrected chi connectivity index (χ0v) is 8.76. The molecule has 0 bridgehead atoms. The predicted molar refractivity (Wildman–Crippen MR) is 64.6 cm³/mol. The summed E-state index contributed by atoms with van der Waals surface area (Å²) in [4.78, 5) is 1.62. The lowest BCUT2D eigenvalue weighted by Gasteiger charge is -2.30. The first-order valence-corrected chi connectivity index (χ1v) is 5.26. The molecule has 2 aromatic carbocycles. The quantitative estimate of drug-likeness (QED) is 0.722. The second kappa shape index (κ2) is 3.89. The van der Waals surface area contributed by atoms with Crippen molar-refractivity contribution in [3.8, 4) is 5.75 Å². The van der Waals surface area contributed by atoms with E-state index < -0.39 is 6.68 Å². The molecule has 0 aliphatic carbocycles. The molecule has 0 aromatic heterocycles. The Morgan fingerprint density at radius 2 is 1.75 bits per heavy atom. The van der Waals surface area contributed by atoms with Crippen molar-refractivity contribution in [3.05, 3.63) is 60.2 Å². The van der Waals surface area contributed by atoms with Gasteiger partial charge in [0.25, 0.3) is 0 Å². The lowest BCUT2D eigenvalue weighted by molar-refractivity contribution is 0.289. The van der Waals surface area contributed by atoms with Gasteiger partial charge in [-0.05, 0) is 18.2 Å². The molecule has 2 aromatic rings. The summed E-state index contributed by atoms with van der Waals surface area (Å²) in [5, 5.41) is 0. The maximum atomic E-state index is 8.02. The van der Waals surface area contributed by atoms with Crippen LogP contribution < -0.4 is 9.64 Å². The Labute approximate surface area is 97.9 Å². The molecule has 0 atom stereocenters. The van der Waals surface area contributed by atoms with Gasteiger partial charge >= 0.3 is 0 Å². The number of para-hydroxylation sites is 2. The van der Waals surface area contributed by atoms with Crippen LogP contribution in [0.3, 0.4) is 0 Å². The summed E-state index contributed by atoms with van der Waals surface area (Å²) < 4.78 is 21.5.